The van der Waals surface area contributed by atoms with E-state index in [1.54, 1.807) is 0 Å². The van der Waals surface area contributed by atoms with Crippen LogP contribution in [0.5, 0.6) is 0 Å². The third-order valence-corrected chi connectivity index (χ3v) is 12.2. The molecule has 0 atom stereocenters. The second-order valence-corrected chi connectivity index (χ2v) is 15.4. The molecule has 0 spiro atoms. The van der Waals surface area contributed by atoms with Crippen LogP contribution in [-0.4, -0.2) is 0 Å². The Labute approximate surface area is 338 Å². The van der Waals surface area contributed by atoms with Crippen molar-refractivity contribution in [2.75, 3.05) is 4.90 Å². The van der Waals surface area contributed by atoms with E-state index >= 15 is 0 Å². The topological polar surface area (TPSA) is 16.4 Å². The molecule has 0 unspecified atom stereocenters. The smallest absolute Gasteiger partial charge is 0.137 e. The summed E-state index contributed by atoms with van der Waals surface area (Å²) in [6.45, 7) is 2.38. The van der Waals surface area contributed by atoms with E-state index in [0.29, 0.717) is 0 Å². The molecule has 1 aliphatic carbocycles. The first-order valence-corrected chi connectivity index (χ1v) is 20.0. The van der Waals surface area contributed by atoms with Gasteiger partial charge in [0.15, 0.2) is 0 Å². The maximum atomic E-state index is 6.80. The summed E-state index contributed by atoms with van der Waals surface area (Å²) in [5.74, 6) is 0. The third kappa shape index (κ3) is 5.49. The van der Waals surface area contributed by atoms with Crippen molar-refractivity contribution in [3.63, 3.8) is 0 Å². The monoisotopic (exact) mass is 741 g/mol. The number of anilines is 3. The highest BCUT2D eigenvalue weighted by Gasteiger charge is 2.42. The number of rotatable bonds is 7. The second kappa shape index (κ2) is 13.7. The second-order valence-electron chi connectivity index (χ2n) is 15.4. The summed E-state index contributed by atoms with van der Waals surface area (Å²) in [6, 6.07) is 78.7. The molecule has 1 aromatic heterocycles. The summed E-state index contributed by atoms with van der Waals surface area (Å²) >= 11 is 0. The molecule has 2 nitrogen and oxygen atoms in total. The van der Waals surface area contributed by atoms with Crippen LogP contribution < -0.4 is 4.90 Å². The minimum Gasteiger partial charge on any atom is -0.456 e. The zero-order valence-electron chi connectivity index (χ0n) is 32.1. The van der Waals surface area contributed by atoms with Crippen molar-refractivity contribution >= 4 is 39.0 Å². The van der Waals surface area contributed by atoms with Gasteiger partial charge in [-0.2, -0.15) is 0 Å². The van der Waals surface area contributed by atoms with Crippen molar-refractivity contribution in [3.8, 4) is 44.5 Å². The number of hydrogen-bond acceptors (Lipinski definition) is 2. The van der Waals surface area contributed by atoms with Crippen molar-refractivity contribution in [2.24, 2.45) is 0 Å². The third-order valence-electron chi connectivity index (χ3n) is 12.2. The minimum atomic E-state index is -0.335. The Hall–Kier alpha value is -7.42. The first-order chi connectivity index (χ1) is 28.6. The molecule has 2 heteroatoms. The first kappa shape index (κ1) is 33.9. The van der Waals surface area contributed by atoms with Crippen LogP contribution >= 0.6 is 0 Å². The van der Waals surface area contributed by atoms with Crippen molar-refractivity contribution < 1.29 is 4.42 Å². The van der Waals surface area contributed by atoms with Gasteiger partial charge < -0.3 is 9.32 Å². The summed E-state index contributed by atoms with van der Waals surface area (Å²) in [5, 5.41) is 2.28. The Kier molecular flexibility index (Phi) is 7.97. The normalized spacial score (nSPS) is 12.7. The Morgan fingerprint density at radius 1 is 0.345 bits per heavy atom. The van der Waals surface area contributed by atoms with Gasteiger partial charge in [-0.05, 0) is 111 Å². The molecule has 0 N–H and O–H groups in total. The highest BCUT2D eigenvalue weighted by Crippen LogP contribution is 2.54. The van der Waals surface area contributed by atoms with Gasteiger partial charge >= 0.3 is 0 Å². The molecule has 11 rings (SSSR count). The lowest BCUT2D eigenvalue weighted by atomic mass is 9.73. The lowest BCUT2D eigenvalue weighted by Crippen LogP contribution is -2.22. The van der Waals surface area contributed by atoms with Crippen LogP contribution in [0.4, 0.5) is 17.1 Å². The molecule has 1 heterocycles. The summed E-state index contributed by atoms with van der Waals surface area (Å²) in [7, 11) is 0. The van der Waals surface area contributed by atoms with Crippen LogP contribution in [0.25, 0.3) is 66.4 Å². The van der Waals surface area contributed by atoms with Crippen LogP contribution in [0.15, 0.2) is 223 Å². The number of fused-ring (bicyclic) bond motifs is 6. The predicted octanol–water partition coefficient (Wildman–Crippen LogP) is 15.4. The fourth-order valence-corrected chi connectivity index (χ4v) is 9.28. The predicted molar refractivity (Wildman–Crippen MR) is 242 cm³/mol. The molecule has 10 aromatic rings. The molecular formula is C56H39NO. The van der Waals surface area contributed by atoms with Gasteiger partial charge in [0.25, 0.3) is 0 Å². The molecule has 0 amide bonds. The van der Waals surface area contributed by atoms with Gasteiger partial charge in [-0.25, -0.2) is 0 Å². The van der Waals surface area contributed by atoms with E-state index < -0.39 is 0 Å². The van der Waals surface area contributed by atoms with Crippen molar-refractivity contribution in [1.29, 1.82) is 0 Å². The van der Waals surface area contributed by atoms with E-state index in [4.69, 9.17) is 4.42 Å². The highest BCUT2D eigenvalue weighted by atomic mass is 16.3. The summed E-state index contributed by atoms with van der Waals surface area (Å²) in [5.41, 5.74) is 18.3. The van der Waals surface area contributed by atoms with Gasteiger partial charge in [-0.3, -0.25) is 0 Å². The number of furan rings is 1. The van der Waals surface area contributed by atoms with Crippen LogP contribution in [0, 0.1) is 0 Å². The number of benzene rings is 9. The molecule has 0 saturated carbocycles. The molecule has 0 saturated heterocycles. The van der Waals surface area contributed by atoms with Crippen LogP contribution in [-0.2, 0) is 5.41 Å². The quantitative estimate of drug-likeness (QED) is 0.162. The summed E-state index contributed by atoms with van der Waals surface area (Å²) in [6.07, 6.45) is 0. The van der Waals surface area contributed by atoms with Crippen molar-refractivity contribution in [1.82, 2.24) is 0 Å². The van der Waals surface area contributed by atoms with Crippen LogP contribution in [0.1, 0.15) is 23.6 Å². The number of nitrogens with zero attached hydrogens (tertiary/aromatic N) is 1. The lowest BCUT2D eigenvalue weighted by Gasteiger charge is -2.29. The summed E-state index contributed by atoms with van der Waals surface area (Å²) < 4.78 is 6.80. The molecule has 9 aromatic carbocycles. The van der Waals surface area contributed by atoms with Gasteiger partial charge in [0.1, 0.15) is 11.2 Å². The van der Waals surface area contributed by atoms with Gasteiger partial charge in [0.2, 0.25) is 0 Å². The average molecular weight is 742 g/mol. The molecule has 0 bridgehead atoms. The van der Waals surface area contributed by atoms with E-state index in [9.17, 15) is 0 Å². The van der Waals surface area contributed by atoms with E-state index in [-0.39, 0.29) is 5.41 Å². The first-order valence-electron chi connectivity index (χ1n) is 20.0. The van der Waals surface area contributed by atoms with Crippen molar-refractivity contribution in [3.05, 3.63) is 235 Å². The van der Waals surface area contributed by atoms with Crippen LogP contribution in [0.3, 0.4) is 0 Å². The standard InChI is InChI=1S/C56H39NO/c1-56(50-19-10-8-17-47(50)48-18-9-11-20-51(48)56)52-21-12-22-53-55(52)49-36-35-46(37-54(49)58-53)57(44-31-27-42(28-32-44)39-15-6-3-7-16-39)45-33-29-43(30-34-45)41-25-23-40(24-26-41)38-13-4-2-5-14-38/h2-37H,1H3. The molecule has 0 fully saturated rings. The lowest BCUT2D eigenvalue weighted by molar-refractivity contribution is 0.666. The fourth-order valence-electron chi connectivity index (χ4n) is 9.28. The van der Waals surface area contributed by atoms with Gasteiger partial charge in [-0.15, -0.1) is 0 Å². The fraction of sp³-hybridized carbons (Fsp3) is 0.0357. The highest BCUT2D eigenvalue weighted by molar-refractivity contribution is 6.09. The molecule has 0 radical (unpaired) electrons. The molecular weight excluding hydrogens is 703 g/mol. The molecule has 1 aliphatic rings. The largest absolute Gasteiger partial charge is 0.456 e. The van der Waals surface area contributed by atoms with E-state index in [1.807, 2.05) is 0 Å². The molecule has 58 heavy (non-hydrogen) atoms. The van der Waals surface area contributed by atoms with E-state index in [2.05, 4.69) is 230 Å². The minimum absolute atomic E-state index is 0.335. The maximum absolute atomic E-state index is 6.80. The Balaban J connectivity index is 1.02. The van der Waals surface area contributed by atoms with Crippen molar-refractivity contribution in [2.45, 2.75) is 12.3 Å². The van der Waals surface area contributed by atoms with Gasteiger partial charge in [0, 0.05) is 39.3 Å². The maximum Gasteiger partial charge on any atom is 0.137 e. The average Bonchev–Trinajstić information content (AvgIpc) is 3.80. The van der Waals surface area contributed by atoms with Crippen LogP contribution in [0.2, 0.25) is 0 Å². The zero-order valence-corrected chi connectivity index (χ0v) is 32.1. The van der Waals surface area contributed by atoms with Gasteiger partial charge in [-0.1, -0.05) is 170 Å². The number of hydrogen-bond donors (Lipinski definition) is 0. The van der Waals surface area contributed by atoms with E-state index in [0.717, 1.165) is 33.6 Å². The summed E-state index contributed by atoms with van der Waals surface area (Å²) in [4.78, 5) is 2.33. The molecule has 0 aliphatic heterocycles. The molecule has 274 valence electrons. The Morgan fingerprint density at radius 3 is 1.28 bits per heavy atom. The SMILES string of the molecule is CC1(c2cccc3oc4cc(N(c5ccc(-c6ccccc6)cc5)c5ccc(-c6ccc(-c7ccccc7)cc6)cc5)ccc4c23)c2ccccc2-c2ccccc21. The van der Waals surface area contributed by atoms with E-state index in [1.165, 1.54) is 66.6 Å². The Morgan fingerprint density at radius 2 is 0.759 bits per heavy atom. The Bertz CT molecular complexity index is 3040. The van der Waals surface area contributed by atoms with Gasteiger partial charge in [0.05, 0.1) is 0 Å². The zero-order chi connectivity index (χ0) is 38.6.